The lowest BCUT2D eigenvalue weighted by Gasteiger charge is -2.08. The fourth-order valence-electron chi connectivity index (χ4n) is 2.42. The van der Waals surface area contributed by atoms with Crippen LogP contribution in [0.25, 0.3) is 0 Å². The van der Waals surface area contributed by atoms with Crippen LogP contribution in [0.15, 0.2) is 71.6 Å². The lowest BCUT2D eigenvalue weighted by atomic mass is 10.1. The molecule has 0 aromatic heterocycles. The van der Waals surface area contributed by atoms with Crippen molar-refractivity contribution in [2.75, 3.05) is 11.1 Å². The Kier molecular flexibility index (Phi) is 6.73. The molecule has 3 aromatic carbocycles. The number of amides is 1. The average molecular weight is 434 g/mol. The third kappa shape index (κ3) is 5.13. The van der Waals surface area contributed by atoms with E-state index in [1.165, 1.54) is 36.0 Å². The summed E-state index contributed by atoms with van der Waals surface area (Å²) in [5.41, 5.74) is 0.934. The second-order valence-corrected chi connectivity index (χ2v) is 7.69. The molecule has 0 radical (unpaired) electrons. The van der Waals surface area contributed by atoms with Crippen LogP contribution in [0.2, 0.25) is 10.0 Å². The van der Waals surface area contributed by atoms with Crippen LogP contribution in [-0.2, 0) is 0 Å². The Labute approximate surface area is 175 Å². The number of hydrogen-bond donors (Lipinski definition) is 1. The number of rotatable bonds is 6. The molecule has 0 heterocycles. The summed E-state index contributed by atoms with van der Waals surface area (Å²) in [5, 5.41) is 3.44. The standard InChI is InChI=1S/C21H14Cl2FNO2S/c22-13-5-10-16(18(23)11-13)20(26)12-28-15-8-6-14(7-9-15)25-21(27)17-3-1-2-4-19(17)24/h1-11H,12H2,(H,25,27). The van der Waals surface area contributed by atoms with E-state index in [0.717, 1.165) is 4.90 Å². The van der Waals surface area contributed by atoms with Crippen LogP contribution in [0.5, 0.6) is 0 Å². The lowest BCUT2D eigenvalue weighted by molar-refractivity contribution is 0.101. The zero-order valence-electron chi connectivity index (χ0n) is 14.4. The van der Waals surface area contributed by atoms with Gasteiger partial charge in [0.25, 0.3) is 5.91 Å². The van der Waals surface area contributed by atoms with Gasteiger partial charge in [-0.05, 0) is 54.6 Å². The minimum Gasteiger partial charge on any atom is -0.322 e. The predicted octanol–water partition coefficient (Wildman–Crippen LogP) is 6.36. The first-order valence-electron chi connectivity index (χ1n) is 8.21. The highest BCUT2D eigenvalue weighted by molar-refractivity contribution is 8.00. The quantitative estimate of drug-likeness (QED) is 0.363. The van der Waals surface area contributed by atoms with Gasteiger partial charge in [0.15, 0.2) is 5.78 Å². The number of benzene rings is 3. The summed E-state index contributed by atoms with van der Waals surface area (Å²) >= 11 is 13.2. The number of hydrogen-bond acceptors (Lipinski definition) is 3. The third-order valence-electron chi connectivity index (χ3n) is 3.83. The van der Waals surface area contributed by atoms with E-state index in [0.29, 0.717) is 21.3 Å². The second kappa shape index (κ2) is 9.24. The predicted molar refractivity (Wildman–Crippen MR) is 112 cm³/mol. The van der Waals surface area contributed by atoms with Crippen LogP contribution in [-0.4, -0.2) is 17.4 Å². The molecule has 3 nitrogen and oxygen atoms in total. The zero-order valence-corrected chi connectivity index (χ0v) is 16.7. The highest BCUT2D eigenvalue weighted by Gasteiger charge is 2.13. The highest BCUT2D eigenvalue weighted by atomic mass is 35.5. The molecule has 0 unspecified atom stereocenters. The van der Waals surface area contributed by atoms with Gasteiger partial charge in [0.1, 0.15) is 5.82 Å². The Morgan fingerprint density at radius 1 is 0.929 bits per heavy atom. The fraction of sp³-hybridized carbons (Fsp3) is 0.0476. The van der Waals surface area contributed by atoms with Crippen molar-refractivity contribution in [3.05, 3.63) is 93.7 Å². The molecule has 0 aliphatic heterocycles. The number of thioether (sulfide) groups is 1. The molecular weight excluding hydrogens is 420 g/mol. The maximum atomic E-state index is 13.7. The first-order chi connectivity index (χ1) is 13.4. The lowest BCUT2D eigenvalue weighted by Crippen LogP contribution is -2.13. The number of ketones is 1. The van der Waals surface area contributed by atoms with E-state index in [2.05, 4.69) is 5.32 Å². The van der Waals surface area contributed by atoms with E-state index in [-0.39, 0.29) is 17.1 Å². The van der Waals surface area contributed by atoms with Crippen molar-refractivity contribution < 1.29 is 14.0 Å². The van der Waals surface area contributed by atoms with Gasteiger partial charge in [0, 0.05) is 21.2 Å². The summed E-state index contributed by atoms with van der Waals surface area (Å²) in [7, 11) is 0. The van der Waals surface area contributed by atoms with Gasteiger partial charge < -0.3 is 5.32 Å². The number of Topliss-reactive ketones (excluding diaryl/α,β-unsaturated/α-hetero) is 1. The molecule has 1 amide bonds. The van der Waals surface area contributed by atoms with E-state index < -0.39 is 11.7 Å². The molecule has 0 aliphatic rings. The van der Waals surface area contributed by atoms with Gasteiger partial charge in [0.05, 0.1) is 16.3 Å². The first-order valence-corrected chi connectivity index (χ1v) is 9.95. The molecule has 0 atom stereocenters. The summed E-state index contributed by atoms with van der Waals surface area (Å²) in [6, 6.07) is 17.5. The smallest absolute Gasteiger partial charge is 0.258 e. The van der Waals surface area contributed by atoms with Gasteiger partial charge in [-0.15, -0.1) is 11.8 Å². The van der Waals surface area contributed by atoms with Crippen molar-refractivity contribution in [1.82, 2.24) is 0 Å². The minimum absolute atomic E-state index is 0.0219. The van der Waals surface area contributed by atoms with E-state index in [1.54, 1.807) is 42.5 Å². The van der Waals surface area contributed by atoms with Gasteiger partial charge >= 0.3 is 0 Å². The van der Waals surface area contributed by atoms with Crippen LogP contribution in [0.3, 0.4) is 0 Å². The molecule has 0 bridgehead atoms. The van der Waals surface area contributed by atoms with Crippen molar-refractivity contribution in [2.24, 2.45) is 0 Å². The molecule has 0 saturated heterocycles. The monoisotopic (exact) mass is 433 g/mol. The molecule has 0 fully saturated rings. The van der Waals surface area contributed by atoms with E-state index in [4.69, 9.17) is 23.2 Å². The summed E-state index contributed by atoms with van der Waals surface area (Å²) in [6.07, 6.45) is 0. The SMILES string of the molecule is O=C(Nc1ccc(SCC(=O)c2ccc(Cl)cc2Cl)cc1)c1ccccc1F. The van der Waals surface area contributed by atoms with Gasteiger partial charge in [-0.2, -0.15) is 0 Å². The van der Waals surface area contributed by atoms with Crippen molar-refractivity contribution >= 4 is 52.3 Å². The molecule has 142 valence electrons. The molecular formula is C21H14Cl2FNO2S. The molecule has 3 rings (SSSR count). The molecule has 1 N–H and O–H groups in total. The number of anilines is 1. The van der Waals surface area contributed by atoms with Crippen molar-refractivity contribution in [3.63, 3.8) is 0 Å². The average Bonchev–Trinajstić information content (AvgIpc) is 2.67. The second-order valence-electron chi connectivity index (χ2n) is 5.79. The van der Waals surface area contributed by atoms with Crippen molar-refractivity contribution in [1.29, 1.82) is 0 Å². The van der Waals surface area contributed by atoms with Crippen LogP contribution >= 0.6 is 35.0 Å². The Morgan fingerprint density at radius 3 is 2.32 bits per heavy atom. The summed E-state index contributed by atoms with van der Waals surface area (Å²) < 4.78 is 13.7. The van der Waals surface area contributed by atoms with Crippen LogP contribution < -0.4 is 5.32 Å². The third-order valence-corrected chi connectivity index (χ3v) is 5.39. The largest absolute Gasteiger partial charge is 0.322 e. The van der Waals surface area contributed by atoms with Gasteiger partial charge in [0.2, 0.25) is 0 Å². The van der Waals surface area contributed by atoms with Crippen LogP contribution in [0.1, 0.15) is 20.7 Å². The van der Waals surface area contributed by atoms with Crippen molar-refractivity contribution in [2.45, 2.75) is 4.90 Å². The highest BCUT2D eigenvalue weighted by Crippen LogP contribution is 2.25. The number of halogens is 3. The van der Waals surface area contributed by atoms with Gasteiger partial charge in [-0.1, -0.05) is 35.3 Å². The van der Waals surface area contributed by atoms with Gasteiger partial charge in [-0.3, -0.25) is 9.59 Å². The van der Waals surface area contributed by atoms with E-state index >= 15 is 0 Å². The maximum Gasteiger partial charge on any atom is 0.258 e. The minimum atomic E-state index is -0.577. The van der Waals surface area contributed by atoms with Crippen molar-refractivity contribution in [3.8, 4) is 0 Å². The molecule has 0 spiro atoms. The fourth-order valence-corrected chi connectivity index (χ4v) is 3.72. The summed E-state index contributed by atoms with van der Waals surface area (Å²) in [4.78, 5) is 25.3. The van der Waals surface area contributed by atoms with Crippen LogP contribution in [0.4, 0.5) is 10.1 Å². The Bertz CT molecular complexity index is 1030. The first kappa shape index (κ1) is 20.4. The van der Waals surface area contributed by atoms with Gasteiger partial charge in [-0.25, -0.2) is 4.39 Å². The summed E-state index contributed by atoms with van der Waals surface area (Å²) in [5.74, 6) is -0.997. The maximum absolute atomic E-state index is 13.7. The zero-order chi connectivity index (χ0) is 20.1. The Hall–Kier alpha value is -2.34. The molecule has 28 heavy (non-hydrogen) atoms. The van der Waals surface area contributed by atoms with Crippen LogP contribution in [0, 0.1) is 5.82 Å². The number of carbonyl (C=O) groups excluding carboxylic acids is 2. The number of carbonyl (C=O) groups is 2. The molecule has 3 aromatic rings. The van der Waals surface area contributed by atoms with E-state index in [9.17, 15) is 14.0 Å². The Morgan fingerprint density at radius 2 is 1.64 bits per heavy atom. The van der Waals surface area contributed by atoms with E-state index in [1.807, 2.05) is 0 Å². The molecule has 0 saturated carbocycles. The normalized spacial score (nSPS) is 10.5. The Balaban J connectivity index is 1.59. The summed E-state index contributed by atoms with van der Waals surface area (Å²) in [6.45, 7) is 0. The number of nitrogens with one attached hydrogen (secondary N) is 1. The molecule has 7 heteroatoms. The topological polar surface area (TPSA) is 46.2 Å². The molecule has 0 aliphatic carbocycles.